The van der Waals surface area contributed by atoms with Crippen LogP contribution in [0.1, 0.15) is 78.4 Å². The van der Waals surface area contributed by atoms with Gasteiger partial charge in [-0.15, -0.1) is 0 Å². The number of para-hydroxylation sites is 1. The van der Waals surface area contributed by atoms with Crippen LogP contribution in [0.5, 0.6) is 17.2 Å². The van der Waals surface area contributed by atoms with E-state index in [1.807, 2.05) is 0 Å². The van der Waals surface area contributed by atoms with E-state index in [4.69, 9.17) is 4.74 Å². The van der Waals surface area contributed by atoms with E-state index in [1.165, 1.54) is 17.2 Å². The molecule has 0 saturated heterocycles. The number of rotatable bonds is 10. The second-order valence-electron chi connectivity index (χ2n) is 9.36. The van der Waals surface area contributed by atoms with Crippen molar-refractivity contribution in [2.75, 3.05) is 11.9 Å². The lowest BCUT2D eigenvalue weighted by molar-refractivity contribution is -0.116. The van der Waals surface area contributed by atoms with Crippen LogP contribution in [-0.4, -0.2) is 22.7 Å². The summed E-state index contributed by atoms with van der Waals surface area (Å²) in [5, 5.41) is 22.0. The summed E-state index contributed by atoms with van der Waals surface area (Å²) in [6, 6.07) is 11.0. The second kappa shape index (κ2) is 10.1. The molecule has 0 aromatic heterocycles. The highest BCUT2D eigenvalue weighted by Gasteiger charge is 2.26. The zero-order valence-corrected chi connectivity index (χ0v) is 19.7. The van der Waals surface area contributed by atoms with E-state index in [-0.39, 0.29) is 40.3 Å². The van der Waals surface area contributed by atoms with Crippen LogP contribution < -0.4 is 10.1 Å². The van der Waals surface area contributed by atoms with Crippen molar-refractivity contribution in [3.63, 3.8) is 0 Å². The van der Waals surface area contributed by atoms with E-state index in [0.29, 0.717) is 13.0 Å². The minimum absolute atomic E-state index is 0.0145. The summed E-state index contributed by atoms with van der Waals surface area (Å²) >= 11 is 0. The monoisotopic (exact) mass is 427 g/mol. The van der Waals surface area contributed by atoms with E-state index in [0.717, 1.165) is 18.6 Å². The first-order chi connectivity index (χ1) is 14.5. The summed E-state index contributed by atoms with van der Waals surface area (Å²) in [5.74, 6) is 0.0442. The molecule has 0 aliphatic heterocycles. The van der Waals surface area contributed by atoms with Crippen molar-refractivity contribution in [2.24, 2.45) is 0 Å². The summed E-state index contributed by atoms with van der Waals surface area (Å²) in [4.78, 5) is 12.2. The average Bonchev–Trinajstić information content (AvgIpc) is 2.74. The minimum atomic E-state index is -0.325. The van der Waals surface area contributed by atoms with Gasteiger partial charge in [-0.05, 0) is 53.9 Å². The van der Waals surface area contributed by atoms with Crippen LogP contribution in [0.15, 0.2) is 36.4 Å². The predicted octanol–water partition coefficient (Wildman–Crippen LogP) is 6.27. The SMILES string of the molecule is CCC(C)(C)c1ccc(OCCCC(=O)Nc2cccc(O)c2O)c(C(C)(C)CC)c1. The topological polar surface area (TPSA) is 78.8 Å². The van der Waals surface area contributed by atoms with Gasteiger partial charge in [-0.1, -0.05) is 59.7 Å². The van der Waals surface area contributed by atoms with Crippen LogP contribution in [0.3, 0.4) is 0 Å². The van der Waals surface area contributed by atoms with Crippen molar-refractivity contribution in [3.8, 4) is 17.2 Å². The quantitative estimate of drug-likeness (QED) is 0.308. The van der Waals surface area contributed by atoms with Crippen LogP contribution in [0.2, 0.25) is 0 Å². The van der Waals surface area contributed by atoms with Crippen molar-refractivity contribution in [1.82, 2.24) is 0 Å². The van der Waals surface area contributed by atoms with E-state index in [1.54, 1.807) is 12.1 Å². The Labute approximate surface area is 186 Å². The molecule has 0 atom stereocenters. The minimum Gasteiger partial charge on any atom is -0.504 e. The molecule has 0 bridgehead atoms. The smallest absolute Gasteiger partial charge is 0.224 e. The second-order valence-corrected chi connectivity index (χ2v) is 9.36. The first-order valence-corrected chi connectivity index (χ1v) is 11.1. The van der Waals surface area contributed by atoms with Crippen molar-refractivity contribution in [1.29, 1.82) is 0 Å². The summed E-state index contributed by atoms with van der Waals surface area (Å²) < 4.78 is 6.10. The lowest BCUT2D eigenvalue weighted by atomic mass is 9.76. The first-order valence-electron chi connectivity index (χ1n) is 11.1. The molecule has 0 aliphatic carbocycles. The molecule has 0 fully saturated rings. The molecule has 5 heteroatoms. The van der Waals surface area contributed by atoms with Gasteiger partial charge < -0.3 is 20.3 Å². The van der Waals surface area contributed by atoms with Gasteiger partial charge in [-0.25, -0.2) is 0 Å². The summed E-state index contributed by atoms with van der Waals surface area (Å²) in [6.45, 7) is 13.8. The van der Waals surface area contributed by atoms with E-state index in [2.05, 4.69) is 65.1 Å². The third kappa shape index (κ3) is 6.16. The Balaban J connectivity index is 2.02. The zero-order valence-electron chi connectivity index (χ0n) is 19.7. The molecule has 0 saturated carbocycles. The average molecular weight is 428 g/mol. The van der Waals surface area contributed by atoms with Crippen molar-refractivity contribution in [2.45, 2.75) is 78.1 Å². The number of anilines is 1. The molecule has 0 heterocycles. The van der Waals surface area contributed by atoms with E-state index >= 15 is 0 Å². The van der Waals surface area contributed by atoms with Crippen LogP contribution >= 0.6 is 0 Å². The zero-order chi connectivity index (χ0) is 23.2. The van der Waals surface area contributed by atoms with Gasteiger partial charge in [0.25, 0.3) is 0 Å². The summed E-state index contributed by atoms with van der Waals surface area (Å²) in [5.41, 5.74) is 2.80. The first kappa shape index (κ1) is 24.6. The number of hydrogen-bond donors (Lipinski definition) is 3. The largest absolute Gasteiger partial charge is 0.504 e. The molecule has 5 nitrogen and oxygen atoms in total. The maximum Gasteiger partial charge on any atom is 0.224 e. The lowest BCUT2D eigenvalue weighted by Gasteiger charge is -2.30. The molecular formula is C26H37NO4. The number of benzene rings is 2. The standard InChI is InChI=1S/C26H37NO4/c1-7-25(3,4)18-14-15-22(19(17-18)26(5,6)8-2)31-16-10-13-23(29)27-20-11-9-12-21(28)24(20)30/h9,11-12,14-15,17,28,30H,7-8,10,13,16H2,1-6H3,(H,27,29). The molecule has 2 aromatic carbocycles. The molecule has 2 aromatic rings. The number of nitrogens with one attached hydrogen (secondary N) is 1. The normalized spacial score (nSPS) is 11.9. The number of phenols is 2. The molecule has 0 aliphatic rings. The van der Waals surface area contributed by atoms with E-state index < -0.39 is 0 Å². The number of carbonyl (C=O) groups is 1. The van der Waals surface area contributed by atoms with Crippen LogP contribution in [-0.2, 0) is 15.6 Å². The molecule has 1 amide bonds. The fourth-order valence-electron chi connectivity index (χ4n) is 3.26. The Morgan fingerprint density at radius 3 is 2.32 bits per heavy atom. The van der Waals surface area contributed by atoms with Gasteiger partial charge >= 0.3 is 0 Å². The Morgan fingerprint density at radius 2 is 1.68 bits per heavy atom. The van der Waals surface area contributed by atoms with Gasteiger partial charge in [-0.2, -0.15) is 0 Å². The molecule has 0 unspecified atom stereocenters. The van der Waals surface area contributed by atoms with Crippen LogP contribution in [0.25, 0.3) is 0 Å². The van der Waals surface area contributed by atoms with Gasteiger partial charge in [0, 0.05) is 12.0 Å². The molecule has 2 rings (SSSR count). The highest BCUT2D eigenvalue weighted by molar-refractivity contribution is 5.92. The van der Waals surface area contributed by atoms with Gasteiger partial charge in [0.2, 0.25) is 5.91 Å². The van der Waals surface area contributed by atoms with Gasteiger partial charge in [0.1, 0.15) is 5.75 Å². The van der Waals surface area contributed by atoms with Crippen LogP contribution in [0.4, 0.5) is 5.69 Å². The number of hydrogen-bond acceptors (Lipinski definition) is 4. The number of ether oxygens (including phenoxy) is 1. The van der Waals surface area contributed by atoms with Crippen molar-refractivity contribution in [3.05, 3.63) is 47.5 Å². The maximum absolute atomic E-state index is 12.2. The number of aromatic hydroxyl groups is 2. The highest BCUT2D eigenvalue weighted by atomic mass is 16.5. The fourth-order valence-corrected chi connectivity index (χ4v) is 3.26. The molecule has 0 spiro atoms. The third-order valence-electron chi connectivity index (χ3n) is 6.35. The molecule has 0 radical (unpaired) electrons. The Hall–Kier alpha value is -2.69. The van der Waals surface area contributed by atoms with Crippen LogP contribution in [0, 0.1) is 0 Å². The Morgan fingerprint density at radius 1 is 1.00 bits per heavy atom. The van der Waals surface area contributed by atoms with Crippen molar-refractivity contribution < 1.29 is 19.7 Å². The Kier molecular flexibility index (Phi) is 7.99. The Bertz CT molecular complexity index is 902. The summed E-state index contributed by atoms with van der Waals surface area (Å²) in [7, 11) is 0. The van der Waals surface area contributed by atoms with Gasteiger partial charge in [-0.3, -0.25) is 4.79 Å². The lowest BCUT2D eigenvalue weighted by Crippen LogP contribution is -2.21. The highest BCUT2D eigenvalue weighted by Crippen LogP contribution is 2.38. The summed E-state index contributed by atoms with van der Waals surface area (Å²) in [6.07, 6.45) is 2.85. The predicted molar refractivity (Wildman–Crippen MR) is 126 cm³/mol. The number of amides is 1. The molecule has 170 valence electrons. The number of phenolic OH excluding ortho intramolecular Hbond substituents is 2. The molecular weight excluding hydrogens is 390 g/mol. The third-order valence-corrected chi connectivity index (χ3v) is 6.35. The number of carbonyl (C=O) groups excluding carboxylic acids is 1. The molecule has 3 N–H and O–H groups in total. The fraction of sp³-hybridized carbons (Fsp3) is 0.500. The van der Waals surface area contributed by atoms with Crippen molar-refractivity contribution >= 4 is 11.6 Å². The maximum atomic E-state index is 12.2. The van der Waals surface area contributed by atoms with Gasteiger partial charge in [0.15, 0.2) is 11.5 Å². The van der Waals surface area contributed by atoms with E-state index in [9.17, 15) is 15.0 Å². The van der Waals surface area contributed by atoms with Gasteiger partial charge in [0.05, 0.1) is 12.3 Å². The molecule has 31 heavy (non-hydrogen) atoms.